The van der Waals surface area contributed by atoms with Crippen LogP contribution in [0.1, 0.15) is 10.6 Å². The van der Waals surface area contributed by atoms with Gasteiger partial charge in [0.15, 0.2) is 5.82 Å². The van der Waals surface area contributed by atoms with Crippen molar-refractivity contribution in [1.82, 2.24) is 14.8 Å². The molecular weight excluding hydrogens is 202 g/mol. The Kier molecular flexibility index (Phi) is 2.05. The normalized spacial score (nSPS) is 10.4. The zero-order valence-electron chi connectivity index (χ0n) is 7.34. The first-order chi connectivity index (χ1) is 6.68. The molecule has 72 valence electrons. The molecule has 0 aromatic carbocycles. The molecule has 0 fully saturated rings. The molecule has 1 N–H and O–H groups in total. The van der Waals surface area contributed by atoms with Crippen LogP contribution in [0.2, 0.25) is 0 Å². The van der Waals surface area contributed by atoms with Crippen LogP contribution >= 0.6 is 11.3 Å². The fourth-order valence-electron chi connectivity index (χ4n) is 1.08. The summed E-state index contributed by atoms with van der Waals surface area (Å²) in [6.07, 6.45) is 0. The minimum Gasteiger partial charge on any atom is -0.475 e. The number of hydrogen-bond donors (Lipinski definition) is 1. The number of hydrogen-bond acceptors (Lipinski definition) is 4. The second kappa shape index (κ2) is 3.22. The van der Waals surface area contributed by atoms with Crippen molar-refractivity contribution < 1.29 is 9.90 Å². The Bertz CT molecular complexity index is 461. The van der Waals surface area contributed by atoms with E-state index in [-0.39, 0.29) is 5.82 Å². The maximum atomic E-state index is 10.7. The molecule has 0 radical (unpaired) electrons. The molecule has 0 aliphatic carbocycles. The molecule has 5 nitrogen and oxygen atoms in total. The third-order valence-corrected chi connectivity index (χ3v) is 2.56. The van der Waals surface area contributed by atoms with Gasteiger partial charge in [0.1, 0.15) is 0 Å². The minimum atomic E-state index is -1.07. The summed E-state index contributed by atoms with van der Waals surface area (Å²) >= 11 is 1.48. The van der Waals surface area contributed by atoms with Crippen LogP contribution in [-0.2, 0) is 7.05 Å². The standard InChI is InChI=1S/C8H7N3O2S/c1-11-7(8(12)13)9-6(10-11)5-3-2-4-14-5/h2-4H,1H3,(H,12,13). The second-order valence-electron chi connectivity index (χ2n) is 2.67. The molecule has 0 bridgehead atoms. The molecule has 0 saturated carbocycles. The van der Waals surface area contributed by atoms with Crippen LogP contribution in [0.25, 0.3) is 10.7 Å². The van der Waals surface area contributed by atoms with Crippen LogP contribution in [0.15, 0.2) is 17.5 Å². The van der Waals surface area contributed by atoms with Crippen LogP contribution in [0, 0.1) is 0 Å². The zero-order chi connectivity index (χ0) is 10.1. The van der Waals surface area contributed by atoms with E-state index >= 15 is 0 Å². The molecule has 6 heteroatoms. The topological polar surface area (TPSA) is 68.0 Å². The summed E-state index contributed by atoms with van der Waals surface area (Å²) in [5, 5.41) is 14.7. The summed E-state index contributed by atoms with van der Waals surface area (Å²) in [5.41, 5.74) is 0. The van der Waals surface area contributed by atoms with Crippen molar-refractivity contribution >= 4 is 17.3 Å². The van der Waals surface area contributed by atoms with E-state index in [4.69, 9.17) is 5.11 Å². The van der Waals surface area contributed by atoms with Gasteiger partial charge in [0.05, 0.1) is 4.88 Å². The van der Waals surface area contributed by atoms with Crippen LogP contribution in [-0.4, -0.2) is 25.8 Å². The second-order valence-corrected chi connectivity index (χ2v) is 3.61. The van der Waals surface area contributed by atoms with Gasteiger partial charge in [-0.3, -0.25) is 0 Å². The first-order valence-corrected chi connectivity index (χ1v) is 4.74. The summed E-state index contributed by atoms with van der Waals surface area (Å²) < 4.78 is 1.26. The highest BCUT2D eigenvalue weighted by atomic mass is 32.1. The lowest BCUT2D eigenvalue weighted by Crippen LogP contribution is -2.06. The largest absolute Gasteiger partial charge is 0.475 e. The van der Waals surface area contributed by atoms with E-state index in [0.717, 1.165) is 4.88 Å². The molecule has 2 aromatic rings. The number of aromatic carboxylic acids is 1. The monoisotopic (exact) mass is 209 g/mol. The van der Waals surface area contributed by atoms with Crippen LogP contribution in [0.4, 0.5) is 0 Å². The highest BCUT2D eigenvalue weighted by Crippen LogP contribution is 2.20. The van der Waals surface area contributed by atoms with E-state index in [1.165, 1.54) is 16.0 Å². The van der Waals surface area contributed by atoms with Gasteiger partial charge in [-0.05, 0) is 11.4 Å². The van der Waals surface area contributed by atoms with Gasteiger partial charge in [0, 0.05) is 7.05 Å². The number of thiophene rings is 1. The Morgan fingerprint density at radius 3 is 2.93 bits per heavy atom. The molecule has 0 spiro atoms. The maximum absolute atomic E-state index is 10.7. The molecule has 2 heterocycles. The first kappa shape index (κ1) is 8.89. The third-order valence-electron chi connectivity index (χ3n) is 1.70. The Morgan fingerprint density at radius 2 is 2.43 bits per heavy atom. The molecule has 0 amide bonds. The van der Waals surface area contributed by atoms with Crippen LogP contribution in [0.3, 0.4) is 0 Å². The van der Waals surface area contributed by atoms with Crippen molar-refractivity contribution in [2.45, 2.75) is 0 Å². The number of nitrogens with zero attached hydrogens (tertiary/aromatic N) is 3. The summed E-state index contributed by atoms with van der Waals surface area (Å²) in [6.45, 7) is 0. The lowest BCUT2D eigenvalue weighted by molar-refractivity contribution is 0.0678. The average molecular weight is 209 g/mol. The molecule has 0 atom stereocenters. The predicted molar refractivity (Wildman–Crippen MR) is 51.3 cm³/mol. The van der Waals surface area contributed by atoms with E-state index in [2.05, 4.69) is 10.1 Å². The van der Waals surface area contributed by atoms with Gasteiger partial charge in [-0.15, -0.1) is 16.4 Å². The number of aromatic nitrogens is 3. The van der Waals surface area contributed by atoms with Crippen LogP contribution < -0.4 is 0 Å². The highest BCUT2D eigenvalue weighted by molar-refractivity contribution is 7.13. The van der Waals surface area contributed by atoms with Gasteiger partial charge < -0.3 is 5.11 Å². The predicted octanol–water partition coefficient (Wildman–Crippen LogP) is 1.24. The van der Waals surface area contributed by atoms with Crippen molar-refractivity contribution in [3.8, 4) is 10.7 Å². The van der Waals surface area contributed by atoms with E-state index in [9.17, 15) is 4.79 Å². The van der Waals surface area contributed by atoms with Crippen molar-refractivity contribution in [3.05, 3.63) is 23.3 Å². The van der Waals surface area contributed by atoms with Crippen molar-refractivity contribution in [3.63, 3.8) is 0 Å². The van der Waals surface area contributed by atoms with Crippen molar-refractivity contribution in [2.24, 2.45) is 7.05 Å². The highest BCUT2D eigenvalue weighted by Gasteiger charge is 2.14. The van der Waals surface area contributed by atoms with Gasteiger partial charge in [-0.2, -0.15) is 4.98 Å². The number of carbonyl (C=O) groups is 1. The fourth-order valence-corrected chi connectivity index (χ4v) is 1.73. The van der Waals surface area contributed by atoms with E-state index in [1.54, 1.807) is 7.05 Å². The summed E-state index contributed by atoms with van der Waals surface area (Å²) in [5.74, 6) is -0.656. The van der Waals surface area contributed by atoms with Gasteiger partial charge >= 0.3 is 5.97 Å². The number of rotatable bonds is 2. The molecular formula is C8H7N3O2S. The average Bonchev–Trinajstić information content (AvgIpc) is 2.70. The Morgan fingerprint density at radius 1 is 1.64 bits per heavy atom. The van der Waals surface area contributed by atoms with E-state index < -0.39 is 5.97 Å². The fraction of sp³-hybridized carbons (Fsp3) is 0.125. The first-order valence-electron chi connectivity index (χ1n) is 3.86. The molecule has 2 rings (SSSR count). The lowest BCUT2D eigenvalue weighted by Gasteiger charge is -1.88. The van der Waals surface area contributed by atoms with Crippen molar-refractivity contribution in [2.75, 3.05) is 0 Å². The van der Waals surface area contributed by atoms with E-state index in [1.807, 2.05) is 17.5 Å². The zero-order valence-corrected chi connectivity index (χ0v) is 8.15. The summed E-state index contributed by atoms with van der Waals surface area (Å²) in [4.78, 5) is 15.5. The molecule has 0 unspecified atom stereocenters. The van der Waals surface area contributed by atoms with Crippen molar-refractivity contribution in [1.29, 1.82) is 0 Å². The molecule has 0 saturated heterocycles. The van der Waals surface area contributed by atoms with Gasteiger partial charge in [0.2, 0.25) is 5.82 Å². The number of carboxylic acid groups (broad SMARTS) is 1. The lowest BCUT2D eigenvalue weighted by atomic mass is 10.4. The molecule has 0 aliphatic heterocycles. The SMILES string of the molecule is Cn1nc(-c2cccs2)nc1C(=O)O. The Hall–Kier alpha value is -1.69. The number of aryl methyl sites for hydroxylation is 1. The third kappa shape index (κ3) is 1.39. The smallest absolute Gasteiger partial charge is 0.373 e. The number of carboxylic acids is 1. The Balaban J connectivity index is 2.48. The molecule has 14 heavy (non-hydrogen) atoms. The molecule has 2 aromatic heterocycles. The Labute approximate surface area is 83.6 Å². The van der Waals surface area contributed by atoms with E-state index in [0.29, 0.717) is 5.82 Å². The maximum Gasteiger partial charge on any atom is 0.373 e. The summed E-state index contributed by atoms with van der Waals surface area (Å²) in [6, 6.07) is 3.72. The minimum absolute atomic E-state index is 0.0478. The van der Waals surface area contributed by atoms with Gasteiger partial charge in [-0.25, -0.2) is 9.48 Å². The quantitative estimate of drug-likeness (QED) is 0.808. The molecule has 0 aliphatic rings. The van der Waals surface area contributed by atoms with Gasteiger partial charge in [-0.1, -0.05) is 6.07 Å². The van der Waals surface area contributed by atoms with Gasteiger partial charge in [0.25, 0.3) is 0 Å². The van der Waals surface area contributed by atoms with Crippen LogP contribution in [0.5, 0.6) is 0 Å². The summed E-state index contributed by atoms with van der Waals surface area (Å²) in [7, 11) is 1.56.